The van der Waals surface area contributed by atoms with Gasteiger partial charge in [-0.3, -0.25) is 19.2 Å². The van der Waals surface area contributed by atoms with E-state index in [1.54, 1.807) is 24.3 Å². The molecule has 0 aromatic heterocycles. The zero-order chi connectivity index (χ0) is 19.4. The number of nitrogens with one attached hydrogen (secondary N) is 2. The van der Waals surface area contributed by atoms with E-state index < -0.39 is 24.0 Å². The van der Waals surface area contributed by atoms with Crippen LogP contribution in [0, 0.1) is 5.92 Å². The van der Waals surface area contributed by atoms with Gasteiger partial charge in [-0.05, 0) is 19.3 Å². The van der Waals surface area contributed by atoms with Crippen molar-refractivity contribution in [2.45, 2.75) is 39.3 Å². The molecule has 0 bridgehead atoms. The number of benzene rings is 1. The zero-order valence-corrected chi connectivity index (χ0v) is 14.9. The number of rotatable bonds is 7. The Hall–Kier alpha value is -2.96. The molecule has 0 saturated heterocycles. The maximum absolute atomic E-state index is 12.6. The lowest BCUT2D eigenvalue weighted by atomic mass is 9.92. The lowest BCUT2D eigenvalue weighted by Crippen LogP contribution is -2.50. The minimum atomic E-state index is -1.15. The molecule has 3 N–H and O–H groups in total. The number of aliphatic carboxylic acids is 1. The summed E-state index contributed by atoms with van der Waals surface area (Å²) in [6.07, 6.45) is 1.56. The number of hydrogen-bond acceptors (Lipinski definition) is 5. The standard InChI is InChI=1S/C19H22N2O5/c1-10(2)8-15(18(24)20-11(3)19(25)26)21-14-9-16(22)12-6-4-5-7-13(12)17(14)23/h4-7,9-11,15,21H,8H2,1-3H3,(H,20,24)(H,25,26)/t11-,15-/m0/s1. The number of Topliss-reactive ketones (excluding diaryl/α,β-unsaturated/α-hetero) is 1. The third kappa shape index (κ3) is 4.36. The van der Waals surface area contributed by atoms with Crippen molar-refractivity contribution in [3.8, 4) is 0 Å². The van der Waals surface area contributed by atoms with Gasteiger partial charge in [-0.25, -0.2) is 0 Å². The predicted molar refractivity (Wildman–Crippen MR) is 94.8 cm³/mol. The second kappa shape index (κ2) is 7.95. The molecule has 0 saturated carbocycles. The summed E-state index contributed by atoms with van der Waals surface area (Å²) in [5.74, 6) is -2.26. The number of carboxylic acids is 1. The van der Waals surface area contributed by atoms with Crippen LogP contribution in [0.15, 0.2) is 36.0 Å². The van der Waals surface area contributed by atoms with E-state index in [0.717, 1.165) is 0 Å². The van der Waals surface area contributed by atoms with E-state index in [1.165, 1.54) is 13.0 Å². The largest absolute Gasteiger partial charge is 0.480 e. The predicted octanol–water partition coefficient (Wildman–Crippen LogP) is 1.54. The van der Waals surface area contributed by atoms with Crippen LogP contribution < -0.4 is 10.6 Å². The molecule has 7 nitrogen and oxygen atoms in total. The molecule has 2 rings (SSSR count). The first kappa shape index (κ1) is 19.4. The summed E-state index contributed by atoms with van der Waals surface area (Å²) >= 11 is 0. The first-order valence-electron chi connectivity index (χ1n) is 8.40. The van der Waals surface area contributed by atoms with Gasteiger partial charge in [-0.1, -0.05) is 38.1 Å². The van der Waals surface area contributed by atoms with Gasteiger partial charge in [0.05, 0.1) is 5.70 Å². The van der Waals surface area contributed by atoms with Crippen LogP contribution in [0.3, 0.4) is 0 Å². The van der Waals surface area contributed by atoms with Crippen LogP contribution in [0.2, 0.25) is 0 Å². The van der Waals surface area contributed by atoms with Gasteiger partial charge in [-0.15, -0.1) is 0 Å². The summed E-state index contributed by atoms with van der Waals surface area (Å²) in [6.45, 7) is 5.16. The molecular weight excluding hydrogens is 336 g/mol. The number of ketones is 2. The Morgan fingerprint density at radius 3 is 2.27 bits per heavy atom. The molecule has 1 aliphatic rings. The summed E-state index contributed by atoms with van der Waals surface area (Å²) in [5, 5.41) is 14.2. The lowest BCUT2D eigenvalue weighted by Gasteiger charge is -2.25. The van der Waals surface area contributed by atoms with E-state index in [4.69, 9.17) is 5.11 Å². The van der Waals surface area contributed by atoms with Crippen LogP contribution in [-0.2, 0) is 9.59 Å². The van der Waals surface area contributed by atoms with E-state index in [2.05, 4.69) is 10.6 Å². The highest BCUT2D eigenvalue weighted by molar-refractivity contribution is 6.24. The van der Waals surface area contributed by atoms with Gasteiger partial charge < -0.3 is 15.7 Å². The van der Waals surface area contributed by atoms with Gasteiger partial charge in [0.25, 0.3) is 0 Å². The van der Waals surface area contributed by atoms with Gasteiger partial charge in [0.15, 0.2) is 5.78 Å². The van der Waals surface area contributed by atoms with Crippen molar-refractivity contribution in [1.82, 2.24) is 10.6 Å². The first-order chi connectivity index (χ1) is 12.2. The third-order valence-electron chi connectivity index (χ3n) is 4.04. The Labute approximate surface area is 151 Å². The molecule has 0 heterocycles. The fourth-order valence-electron chi connectivity index (χ4n) is 2.69. The summed E-state index contributed by atoms with van der Waals surface area (Å²) in [7, 11) is 0. The first-order valence-corrected chi connectivity index (χ1v) is 8.40. The molecule has 26 heavy (non-hydrogen) atoms. The lowest BCUT2D eigenvalue weighted by molar-refractivity contribution is -0.141. The van der Waals surface area contributed by atoms with Crippen molar-refractivity contribution in [3.05, 3.63) is 47.2 Å². The molecule has 0 unspecified atom stereocenters. The Morgan fingerprint density at radius 2 is 1.69 bits per heavy atom. The maximum Gasteiger partial charge on any atom is 0.325 e. The fourth-order valence-corrected chi connectivity index (χ4v) is 2.69. The number of carbonyl (C=O) groups excluding carboxylic acids is 3. The molecule has 1 aliphatic carbocycles. The highest BCUT2D eigenvalue weighted by atomic mass is 16.4. The van der Waals surface area contributed by atoms with E-state index in [-0.39, 0.29) is 28.7 Å². The minimum absolute atomic E-state index is 0.0393. The molecule has 2 atom stereocenters. The summed E-state index contributed by atoms with van der Waals surface area (Å²) in [4.78, 5) is 48.3. The van der Waals surface area contributed by atoms with Crippen molar-refractivity contribution in [2.75, 3.05) is 0 Å². The van der Waals surface area contributed by atoms with Crippen LogP contribution in [0.4, 0.5) is 0 Å². The number of carboxylic acid groups (broad SMARTS) is 1. The van der Waals surface area contributed by atoms with Gasteiger partial charge >= 0.3 is 5.97 Å². The summed E-state index contributed by atoms with van der Waals surface area (Å²) in [6, 6.07) is 4.60. The Balaban J connectivity index is 2.23. The molecule has 1 aromatic rings. The van der Waals surface area contributed by atoms with Crippen molar-refractivity contribution in [2.24, 2.45) is 5.92 Å². The van der Waals surface area contributed by atoms with Crippen LogP contribution in [0.25, 0.3) is 0 Å². The summed E-state index contributed by atoms with van der Waals surface area (Å²) in [5.41, 5.74) is 0.648. The van der Waals surface area contributed by atoms with Crippen LogP contribution in [0.5, 0.6) is 0 Å². The van der Waals surface area contributed by atoms with Crippen LogP contribution in [-0.4, -0.2) is 40.6 Å². The molecule has 7 heteroatoms. The number of amides is 1. The number of carbonyl (C=O) groups is 4. The fraction of sp³-hybridized carbons (Fsp3) is 0.368. The van der Waals surface area contributed by atoms with Gasteiger partial charge in [-0.2, -0.15) is 0 Å². The van der Waals surface area contributed by atoms with E-state index in [1.807, 2.05) is 13.8 Å². The Kier molecular flexibility index (Phi) is 5.92. The average molecular weight is 358 g/mol. The second-order valence-electron chi connectivity index (χ2n) is 6.69. The quantitative estimate of drug-likeness (QED) is 0.682. The van der Waals surface area contributed by atoms with Crippen LogP contribution in [0.1, 0.15) is 47.9 Å². The number of hydrogen-bond donors (Lipinski definition) is 3. The Bertz CT molecular complexity index is 782. The molecule has 0 spiro atoms. The molecular formula is C19H22N2O5. The van der Waals surface area contributed by atoms with Crippen molar-refractivity contribution in [1.29, 1.82) is 0 Å². The van der Waals surface area contributed by atoms with Gasteiger partial charge in [0, 0.05) is 17.2 Å². The minimum Gasteiger partial charge on any atom is -0.480 e. The molecule has 138 valence electrons. The van der Waals surface area contributed by atoms with E-state index in [0.29, 0.717) is 12.0 Å². The van der Waals surface area contributed by atoms with Crippen molar-refractivity contribution in [3.63, 3.8) is 0 Å². The molecule has 0 aliphatic heterocycles. The number of fused-ring (bicyclic) bond motifs is 1. The van der Waals surface area contributed by atoms with E-state index in [9.17, 15) is 19.2 Å². The normalized spacial score (nSPS) is 15.8. The zero-order valence-electron chi connectivity index (χ0n) is 14.9. The highest BCUT2D eigenvalue weighted by Crippen LogP contribution is 2.20. The Morgan fingerprint density at radius 1 is 1.08 bits per heavy atom. The van der Waals surface area contributed by atoms with Crippen LogP contribution >= 0.6 is 0 Å². The highest BCUT2D eigenvalue weighted by Gasteiger charge is 2.30. The summed E-state index contributed by atoms with van der Waals surface area (Å²) < 4.78 is 0. The van der Waals surface area contributed by atoms with Gasteiger partial charge in [0.2, 0.25) is 11.7 Å². The molecule has 0 radical (unpaired) electrons. The van der Waals surface area contributed by atoms with E-state index >= 15 is 0 Å². The molecule has 1 aromatic carbocycles. The second-order valence-corrected chi connectivity index (χ2v) is 6.69. The smallest absolute Gasteiger partial charge is 0.325 e. The van der Waals surface area contributed by atoms with Crippen molar-refractivity contribution >= 4 is 23.4 Å². The van der Waals surface area contributed by atoms with Crippen molar-refractivity contribution < 1.29 is 24.3 Å². The monoisotopic (exact) mass is 358 g/mol. The number of allylic oxidation sites excluding steroid dienone is 2. The van der Waals surface area contributed by atoms with Gasteiger partial charge in [0.1, 0.15) is 12.1 Å². The SMILES string of the molecule is CC(C)C[C@H](NC1=CC(=O)c2ccccc2C1=O)C(=O)N[C@@H](C)C(=O)O. The molecule has 1 amide bonds. The molecule has 0 fully saturated rings. The third-order valence-corrected chi connectivity index (χ3v) is 4.04. The maximum atomic E-state index is 12.6. The average Bonchev–Trinajstić information content (AvgIpc) is 2.58. The topological polar surface area (TPSA) is 113 Å².